The number of rotatable bonds is 3. The molecule has 5 nitrogen and oxygen atoms in total. The fourth-order valence-electron chi connectivity index (χ4n) is 1.56. The standard InChI is InChI=1S/C12H13N3O2/c1-14(2)11-10(12(16)17)8-15(13-11)9-6-4-3-5-7-9/h3-8H,1-2H3,(H,16,17). The van der Waals surface area contributed by atoms with Crippen molar-refractivity contribution >= 4 is 11.8 Å². The molecule has 2 rings (SSSR count). The highest BCUT2D eigenvalue weighted by molar-refractivity contribution is 5.93. The molecule has 0 spiro atoms. The highest BCUT2D eigenvalue weighted by Gasteiger charge is 2.17. The molecule has 0 saturated heterocycles. The normalized spacial score (nSPS) is 10.2. The maximum Gasteiger partial charge on any atom is 0.341 e. The summed E-state index contributed by atoms with van der Waals surface area (Å²) >= 11 is 0. The van der Waals surface area contributed by atoms with Gasteiger partial charge >= 0.3 is 5.97 Å². The van der Waals surface area contributed by atoms with Crippen molar-refractivity contribution in [3.8, 4) is 5.69 Å². The second kappa shape index (κ2) is 4.29. The molecule has 0 unspecified atom stereocenters. The molecular formula is C12H13N3O2. The van der Waals surface area contributed by atoms with Crippen molar-refractivity contribution in [1.29, 1.82) is 0 Å². The smallest absolute Gasteiger partial charge is 0.341 e. The Bertz CT molecular complexity index is 532. The molecule has 17 heavy (non-hydrogen) atoms. The van der Waals surface area contributed by atoms with Crippen LogP contribution in [0.15, 0.2) is 36.5 Å². The number of benzene rings is 1. The third kappa shape index (κ3) is 2.13. The Labute approximate surface area is 98.9 Å². The summed E-state index contributed by atoms with van der Waals surface area (Å²) in [7, 11) is 3.54. The Morgan fingerprint density at radius 2 is 1.94 bits per heavy atom. The summed E-state index contributed by atoms with van der Waals surface area (Å²) in [5.74, 6) is -0.530. The summed E-state index contributed by atoms with van der Waals surface area (Å²) in [5.41, 5.74) is 1.03. The predicted octanol–water partition coefficient (Wildman–Crippen LogP) is 1.64. The average molecular weight is 231 g/mol. The van der Waals surface area contributed by atoms with Crippen molar-refractivity contribution in [1.82, 2.24) is 9.78 Å². The van der Waals surface area contributed by atoms with Gasteiger partial charge in [-0.15, -0.1) is 5.10 Å². The van der Waals surface area contributed by atoms with E-state index >= 15 is 0 Å². The Balaban J connectivity index is 2.51. The van der Waals surface area contributed by atoms with Crippen LogP contribution in [0, 0.1) is 0 Å². The first-order valence-electron chi connectivity index (χ1n) is 5.15. The van der Waals surface area contributed by atoms with Gasteiger partial charge < -0.3 is 10.0 Å². The van der Waals surface area contributed by atoms with E-state index in [1.165, 1.54) is 6.20 Å². The molecule has 0 saturated carbocycles. The van der Waals surface area contributed by atoms with Gasteiger partial charge in [0.2, 0.25) is 0 Å². The van der Waals surface area contributed by atoms with E-state index in [4.69, 9.17) is 5.11 Å². The van der Waals surface area contributed by atoms with Crippen LogP contribution in [0.25, 0.3) is 5.69 Å². The first kappa shape index (κ1) is 11.2. The van der Waals surface area contributed by atoms with Crippen LogP contribution >= 0.6 is 0 Å². The van der Waals surface area contributed by atoms with Crippen LogP contribution in [0.4, 0.5) is 5.82 Å². The molecule has 2 aromatic rings. The molecule has 1 N–H and O–H groups in total. The molecule has 0 amide bonds. The molecule has 1 heterocycles. The van der Waals surface area contributed by atoms with Crippen molar-refractivity contribution in [2.24, 2.45) is 0 Å². The fourth-order valence-corrected chi connectivity index (χ4v) is 1.56. The average Bonchev–Trinajstić information content (AvgIpc) is 2.75. The molecule has 0 fully saturated rings. The second-order valence-electron chi connectivity index (χ2n) is 3.85. The summed E-state index contributed by atoms with van der Waals surface area (Å²) in [6, 6.07) is 9.41. The third-order valence-electron chi connectivity index (χ3n) is 2.37. The summed E-state index contributed by atoms with van der Waals surface area (Å²) in [4.78, 5) is 12.8. The van der Waals surface area contributed by atoms with Crippen molar-refractivity contribution < 1.29 is 9.90 Å². The number of nitrogens with zero attached hydrogens (tertiary/aromatic N) is 3. The third-order valence-corrected chi connectivity index (χ3v) is 2.37. The Morgan fingerprint density at radius 1 is 1.29 bits per heavy atom. The number of hydrogen-bond donors (Lipinski definition) is 1. The van der Waals surface area contributed by atoms with E-state index in [2.05, 4.69) is 5.10 Å². The van der Waals surface area contributed by atoms with E-state index in [9.17, 15) is 4.79 Å². The zero-order chi connectivity index (χ0) is 12.4. The summed E-state index contributed by atoms with van der Waals surface area (Å²) in [6.45, 7) is 0. The molecule has 0 bridgehead atoms. The van der Waals surface area contributed by atoms with Gasteiger partial charge in [0, 0.05) is 20.3 Å². The lowest BCUT2D eigenvalue weighted by atomic mass is 10.3. The van der Waals surface area contributed by atoms with Gasteiger partial charge in [0.15, 0.2) is 5.82 Å². The molecule has 0 aliphatic rings. The van der Waals surface area contributed by atoms with Crippen LogP contribution in [0.2, 0.25) is 0 Å². The molecule has 1 aromatic carbocycles. The van der Waals surface area contributed by atoms with Crippen LogP contribution in [0.3, 0.4) is 0 Å². The number of anilines is 1. The highest BCUT2D eigenvalue weighted by Crippen LogP contribution is 2.18. The number of para-hydroxylation sites is 1. The SMILES string of the molecule is CN(C)c1nn(-c2ccccc2)cc1C(=O)O. The Morgan fingerprint density at radius 3 is 2.41 bits per heavy atom. The van der Waals surface area contributed by atoms with Gasteiger partial charge in [0.05, 0.1) is 5.69 Å². The van der Waals surface area contributed by atoms with Gasteiger partial charge in [-0.1, -0.05) is 18.2 Å². The molecule has 0 aliphatic carbocycles. The maximum absolute atomic E-state index is 11.1. The van der Waals surface area contributed by atoms with E-state index in [0.29, 0.717) is 5.82 Å². The minimum absolute atomic E-state index is 0.193. The molecule has 88 valence electrons. The van der Waals surface area contributed by atoms with Crippen LogP contribution in [0.5, 0.6) is 0 Å². The van der Waals surface area contributed by atoms with Crippen LogP contribution in [0.1, 0.15) is 10.4 Å². The van der Waals surface area contributed by atoms with E-state index < -0.39 is 5.97 Å². The van der Waals surface area contributed by atoms with Gasteiger partial charge in [-0.05, 0) is 12.1 Å². The summed E-state index contributed by atoms with van der Waals surface area (Å²) < 4.78 is 1.57. The first-order valence-corrected chi connectivity index (χ1v) is 5.15. The molecule has 1 aromatic heterocycles. The van der Waals surface area contributed by atoms with Crippen molar-refractivity contribution in [2.75, 3.05) is 19.0 Å². The van der Waals surface area contributed by atoms with Crippen molar-refractivity contribution in [3.05, 3.63) is 42.1 Å². The van der Waals surface area contributed by atoms with Crippen LogP contribution in [-0.2, 0) is 0 Å². The Kier molecular flexibility index (Phi) is 2.82. The van der Waals surface area contributed by atoms with E-state index in [1.54, 1.807) is 23.7 Å². The van der Waals surface area contributed by atoms with Crippen molar-refractivity contribution in [2.45, 2.75) is 0 Å². The van der Waals surface area contributed by atoms with E-state index in [-0.39, 0.29) is 5.56 Å². The predicted molar refractivity (Wildman–Crippen MR) is 64.9 cm³/mol. The Hall–Kier alpha value is -2.30. The lowest BCUT2D eigenvalue weighted by Crippen LogP contribution is -2.13. The van der Waals surface area contributed by atoms with Gasteiger partial charge in [-0.25, -0.2) is 9.48 Å². The summed E-state index contributed by atoms with van der Waals surface area (Å²) in [5, 5.41) is 13.4. The quantitative estimate of drug-likeness (QED) is 0.872. The second-order valence-corrected chi connectivity index (χ2v) is 3.85. The fraction of sp³-hybridized carbons (Fsp3) is 0.167. The molecular weight excluding hydrogens is 218 g/mol. The van der Waals surface area contributed by atoms with Gasteiger partial charge in [0.1, 0.15) is 5.56 Å². The summed E-state index contributed by atoms with van der Waals surface area (Å²) in [6.07, 6.45) is 1.52. The monoisotopic (exact) mass is 231 g/mol. The molecule has 0 atom stereocenters. The van der Waals surface area contributed by atoms with Crippen LogP contribution < -0.4 is 4.90 Å². The number of aromatic carboxylic acids is 1. The van der Waals surface area contributed by atoms with Gasteiger partial charge in [0.25, 0.3) is 0 Å². The highest BCUT2D eigenvalue weighted by atomic mass is 16.4. The number of carbonyl (C=O) groups is 1. The van der Waals surface area contributed by atoms with Gasteiger partial charge in [-0.2, -0.15) is 0 Å². The minimum atomic E-state index is -0.976. The lowest BCUT2D eigenvalue weighted by Gasteiger charge is -2.08. The lowest BCUT2D eigenvalue weighted by molar-refractivity contribution is 0.0697. The topological polar surface area (TPSA) is 58.4 Å². The number of carboxylic acid groups (broad SMARTS) is 1. The van der Waals surface area contributed by atoms with Crippen molar-refractivity contribution in [3.63, 3.8) is 0 Å². The van der Waals surface area contributed by atoms with Gasteiger partial charge in [-0.3, -0.25) is 0 Å². The molecule has 5 heteroatoms. The van der Waals surface area contributed by atoms with E-state index in [1.807, 2.05) is 30.3 Å². The molecule has 0 aliphatic heterocycles. The minimum Gasteiger partial charge on any atom is -0.477 e. The largest absolute Gasteiger partial charge is 0.477 e. The first-order chi connectivity index (χ1) is 8.09. The number of carboxylic acids is 1. The number of hydrogen-bond acceptors (Lipinski definition) is 3. The number of aromatic nitrogens is 2. The zero-order valence-corrected chi connectivity index (χ0v) is 9.66. The maximum atomic E-state index is 11.1. The van der Waals surface area contributed by atoms with Crippen LogP contribution in [-0.4, -0.2) is 35.0 Å². The zero-order valence-electron chi connectivity index (χ0n) is 9.66. The van der Waals surface area contributed by atoms with E-state index in [0.717, 1.165) is 5.69 Å². The molecule has 0 radical (unpaired) electrons.